The number of nitrogens with zero attached hydrogens (tertiary/aromatic N) is 2. The van der Waals surface area contributed by atoms with E-state index in [0.29, 0.717) is 23.7 Å². The fourth-order valence-corrected chi connectivity index (χ4v) is 3.95. The molecule has 1 fully saturated rings. The Morgan fingerprint density at radius 1 is 1.19 bits per heavy atom. The first-order valence-corrected chi connectivity index (χ1v) is 10.9. The monoisotopic (exact) mass is 399 g/mol. The Balaban J connectivity index is 1.96. The Morgan fingerprint density at radius 3 is 2.44 bits per heavy atom. The van der Waals surface area contributed by atoms with Crippen LogP contribution in [0.1, 0.15) is 19.3 Å². The van der Waals surface area contributed by atoms with E-state index in [4.69, 9.17) is 9.47 Å². The third kappa shape index (κ3) is 6.28. The number of likely N-dealkylation sites (tertiary alicyclic amines) is 1. The van der Waals surface area contributed by atoms with Crippen LogP contribution in [0.4, 0.5) is 5.69 Å². The predicted molar refractivity (Wildman–Crippen MR) is 105 cm³/mol. The molecule has 1 saturated heterocycles. The van der Waals surface area contributed by atoms with E-state index in [0.717, 1.165) is 36.6 Å². The van der Waals surface area contributed by atoms with Gasteiger partial charge in [0.1, 0.15) is 6.54 Å². The predicted octanol–water partition coefficient (Wildman–Crippen LogP) is 1.07. The van der Waals surface area contributed by atoms with Crippen LogP contribution in [0.15, 0.2) is 18.2 Å². The van der Waals surface area contributed by atoms with Crippen molar-refractivity contribution < 1.29 is 22.7 Å². The molecule has 0 bridgehead atoms. The number of hydrogen-bond donors (Lipinski definition) is 1. The summed E-state index contributed by atoms with van der Waals surface area (Å²) < 4.78 is 35.8. The molecular formula is C18H29N3O5S. The minimum atomic E-state index is -3.63. The van der Waals surface area contributed by atoms with Crippen molar-refractivity contribution in [2.24, 2.45) is 0 Å². The molecule has 1 heterocycles. The molecule has 152 valence electrons. The number of methoxy groups -OCH3 is 2. The van der Waals surface area contributed by atoms with Crippen LogP contribution in [-0.2, 0) is 14.8 Å². The maximum Gasteiger partial charge on any atom is 0.240 e. The smallest absolute Gasteiger partial charge is 0.240 e. The molecule has 0 spiro atoms. The molecule has 0 saturated carbocycles. The van der Waals surface area contributed by atoms with Gasteiger partial charge >= 0.3 is 0 Å². The number of rotatable bonds is 10. The largest absolute Gasteiger partial charge is 0.493 e. The Kier molecular flexibility index (Phi) is 7.73. The number of amides is 1. The topological polar surface area (TPSA) is 88.2 Å². The summed E-state index contributed by atoms with van der Waals surface area (Å²) in [7, 11) is -0.660. The molecule has 8 nitrogen and oxygen atoms in total. The maximum absolute atomic E-state index is 12.3. The van der Waals surface area contributed by atoms with Crippen molar-refractivity contribution in [1.29, 1.82) is 0 Å². The van der Waals surface area contributed by atoms with E-state index >= 15 is 0 Å². The van der Waals surface area contributed by atoms with Gasteiger partial charge in [0.05, 0.1) is 26.2 Å². The van der Waals surface area contributed by atoms with E-state index in [-0.39, 0.29) is 12.5 Å². The summed E-state index contributed by atoms with van der Waals surface area (Å²) in [6.45, 7) is 3.44. The number of sulfonamides is 1. The summed E-state index contributed by atoms with van der Waals surface area (Å²) in [4.78, 5) is 14.6. The molecule has 0 radical (unpaired) electrons. The molecule has 1 amide bonds. The van der Waals surface area contributed by atoms with Crippen LogP contribution in [0, 0.1) is 0 Å². The molecule has 9 heteroatoms. The molecule has 0 unspecified atom stereocenters. The lowest BCUT2D eigenvalue weighted by Crippen LogP contribution is -2.41. The minimum absolute atomic E-state index is 0.280. The second kappa shape index (κ2) is 9.80. The molecule has 0 atom stereocenters. The van der Waals surface area contributed by atoms with E-state index < -0.39 is 10.0 Å². The van der Waals surface area contributed by atoms with E-state index in [2.05, 4.69) is 10.2 Å². The fraction of sp³-hybridized carbons (Fsp3) is 0.611. The Morgan fingerprint density at radius 2 is 1.85 bits per heavy atom. The summed E-state index contributed by atoms with van der Waals surface area (Å²) in [6.07, 6.45) is 4.40. The van der Waals surface area contributed by atoms with Gasteiger partial charge < -0.3 is 19.7 Å². The average molecular weight is 400 g/mol. The molecule has 1 aromatic carbocycles. The molecule has 27 heavy (non-hydrogen) atoms. The highest BCUT2D eigenvalue weighted by atomic mass is 32.2. The third-order valence-corrected chi connectivity index (χ3v) is 5.66. The number of carbonyl (C=O) groups is 1. The number of anilines is 1. The van der Waals surface area contributed by atoms with E-state index in [1.165, 1.54) is 27.1 Å². The van der Waals surface area contributed by atoms with Gasteiger partial charge in [0.25, 0.3) is 0 Å². The van der Waals surface area contributed by atoms with Crippen LogP contribution in [-0.4, -0.2) is 72.4 Å². The normalized spacial score (nSPS) is 14.8. The number of carbonyl (C=O) groups excluding carboxylic acids is 1. The van der Waals surface area contributed by atoms with Crippen molar-refractivity contribution in [3.63, 3.8) is 0 Å². The molecule has 0 aromatic heterocycles. The molecule has 1 N–H and O–H groups in total. The summed E-state index contributed by atoms with van der Waals surface area (Å²) >= 11 is 0. The van der Waals surface area contributed by atoms with Gasteiger partial charge in [-0.05, 0) is 51.0 Å². The van der Waals surface area contributed by atoms with Crippen molar-refractivity contribution in [3.05, 3.63) is 18.2 Å². The maximum atomic E-state index is 12.3. The van der Waals surface area contributed by atoms with Gasteiger partial charge in [0.2, 0.25) is 15.9 Å². The van der Waals surface area contributed by atoms with Crippen LogP contribution < -0.4 is 19.1 Å². The first-order valence-electron chi connectivity index (χ1n) is 9.04. The summed E-state index contributed by atoms with van der Waals surface area (Å²) in [5, 5.41) is 2.80. The lowest BCUT2D eigenvalue weighted by molar-refractivity contribution is -0.119. The SMILES string of the molecule is COc1ccc(N(CC(=O)NCCCN2CCCC2)S(C)(=O)=O)cc1OC. The molecule has 1 aliphatic heterocycles. The van der Waals surface area contributed by atoms with Gasteiger partial charge in [0.15, 0.2) is 11.5 Å². The van der Waals surface area contributed by atoms with E-state index in [9.17, 15) is 13.2 Å². The standard InChI is InChI=1S/C18H29N3O5S/c1-25-16-8-7-15(13-17(16)26-2)21(27(3,23)24)14-18(22)19-9-6-12-20-10-4-5-11-20/h7-8,13H,4-6,9-12,14H2,1-3H3,(H,19,22). The van der Waals surface area contributed by atoms with Gasteiger partial charge in [-0.25, -0.2) is 8.42 Å². The molecule has 2 rings (SSSR count). The zero-order chi connectivity index (χ0) is 19.9. The van der Waals surface area contributed by atoms with Crippen LogP contribution in [0.3, 0.4) is 0 Å². The number of ether oxygens (including phenoxy) is 2. The quantitative estimate of drug-likeness (QED) is 0.592. The van der Waals surface area contributed by atoms with Crippen LogP contribution >= 0.6 is 0 Å². The van der Waals surface area contributed by atoms with Crippen LogP contribution in [0.2, 0.25) is 0 Å². The molecule has 1 aliphatic rings. The third-order valence-electron chi connectivity index (χ3n) is 4.51. The number of hydrogen-bond acceptors (Lipinski definition) is 6. The van der Waals surface area contributed by atoms with E-state index in [1.807, 2.05) is 0 Å². The first-order chi connectivity index (χ1) is 12.8. The lowest BCUT2D eigenvalue weighted by atomic mass is 10.2. The van der Waals surface area contributed by atoms with Gasteiger partial charge in [-0.1, -0.05) is 0 Å². The molecular weight excluding hydrogens is 370 g/mol. The van der Waals surface area contributed by atoms with Crippen LogP contribution in [0.25, 0.3) is 0 Å². The zero-order valence-electron chi connectivity index (χ0n) is 16.2. The fourth-order valence-electron chi connectivity index (χ4n) is 3.10. The summed E-state index contributed by atoms with van der Waals surface area (Å²) in [5.74, 6) is 0.548. The van der Waals surface area contributed by atoms with Gasteiger partial charge in [0, 0.05) is 12.6 Å². The van der Waals surface area contributed by atoms with Crippen LogP contribution in [0.5, 0.6) is 11.5 Å². The van der Waals surface area contributed by atoms with Crippen molar-refractivity contribution in [3.8, 4) is 11.5 Å². The summed E-state index contributed by atoms with van der Waals surface area (Å²) in [6, 6.07) is 4.74. The lowest BCUT2D eigenvalue weighted by Gasteiger charge is -2.23. The molecule has 0 aliphatic carbocycles. The highest BCUT2D eigenvalue weighted by molar-refractivity contribution is 7.92. The number of nitrogens with one attached hydrogen (secondary N) is 1. The van der Waals surface area contributed by atoms with E-state index in [1.54, 1.807) is 18.2 Å². The Hall–Kier alpha value is -2.00. The Labute approximate surface area is 161 Å². The van der Waals surface area contributed by atoms with Gasteiger partial charge in [-0.3, -0.25) is 9.10 Å². The molecule has 1 aromatic rings. The van der Waals surface area contributed by atoms with Crippen molar-refractivity contribution in [2.45, 2.75) is 19.3 Å². The average Bonchev–Trinajstić information content (AvgIpc) is 3.15. The van der Waals surface area contributed by atoms with Crippen molar-refractivity contribution in [1.82, 2.24) is 10.2 Å². The zero-order valence-corrected chi connectivity index (χ0v) is 17.0. The van der Waals surface area contributed by atoms with Crippen molar-refractivity contribution in [2.75, 3.05) is 57.5 Å². The minimum Gasteiger partial charge on any atom is -0.493 e. The van der Waals surface area contributed by atoms with Crippen molar-refractivity contribution >= 4 is 21.6 Å². The second-order valence-corrected chi connectivity index (χ2v) is 8.47. The Bertz CT molecular complexity index is 733. The highest BCUT2D eigenvalue weighted by Crippen LogP contribution is 2.32. The van der Waals surface area contributed by atoms with Gasteiger partial charge in [-0.15, -0.1) is 0 Å². The van der Waals surface area contributed by atoms with Gasteiger partial charge in [-0.2, -0.15) is 0 Å². The second-order valence-electron chi connectivity index (χ2n) is 6.56. The summed E-state index contributed by atoms with van der Waals surface area (Å²) in [5.41, 5.74) is 0.349. The number of benzene rings is 1. The highest BCUT2D eigenvalue weighted by Gasteiger charge is 2.22. The first kappa shape index (κ1) is 21.3.